The molecule has 1 aromatic rings. The molecule has 0 aliphatic rings. The van der Waals surface area contributed by atoms with Crippen LogP contribution in [0.3, 0.4) is 0 Å². The molecule has 0 spiro atoms. The fourth-order valence-corrected chi connectivity index (χ4v) is 1.15. The molecule has 0 amide bonds. The van der Waals surface area contributed by atoms with Gasteiger partial charge in [0, 0.05) is 14.0 Å². The van der Waals surface area contributed by atoms with Gasteiger partial charge in [-0.2, -0.15) is 0 Å². The molecular formula is C11H12O4. The van der Waals surface area contributed by atoms with E-state index < -0.39 is 5.97 Å². The largest absolute Gasteiger partial charge is 0.426 e. The zero-order chi connectivity index (χ0) is 11.3. The van der Waals surface area contributed by atoms with E-state index in [4.69, 9.17) is 9.47 Å². The highest BCUT2D eigenvalue weighted by Gasteiger charge is 2.12. The van der Waals surface area contributed by atoms with E-state index in [-0.39, 0.29) is 18.1 Å². The molecular weight excluding hydrogens is 196 g/mol. The van der Waals surface area contributed by atoms with Gasteiger partial charge in [0.2, 0.25) is 0 Å². The van der Waals surface area contributed by atoms with Gasteiger partial charge in [-0.1, -0.05) is 12.1 Å². The van der Waals surface area contributed by atoms with Gasteiger partial charge in [0.15, 0.2) is 5.78 Å². The predicted molar refractivity (Wildman–Crippen MR) is 54.0 cm³/mol. The zero-order valence-corrected chi connectivity index (χ0v) is 8.65. The van der Waals surface area contributed by atoms with Crippen molar-refractivity contribution in [2.24, 2.45) is 0 Å². The Kier molecular flexibility index (Phi) is 4.00. The number of Topliss-reactive ketones (excluding diaryl/α,β-unsaturated/α-hetero) is 1. The Morgan fingerprint density at radius 3 is 2.53 bits per heavy atom. The van der Waals surface area contributed by atoms with Gasteiger partial charge in [0.05, 0.1) is 5.56 Å². The number of para-hydroxylation sites is 1. The van der Waals surface area contributed by atoms with Crippen molar-refractivity contribution in [1.82, 2.24) is 0 Å². The monoisotopic (exact) mass is 208 g/mol. The van der Waals surface area contributed by atoms with Crippen LogP contribution < -0.4 is 4.74 Å². The fraction of sp³-hybridized carbons (Fsp3) is 0.273. The maximum atomic E-state index is 11.5. The van der Waals surface area contributed by atoms with Crippen LogP contribution in [0.2, 0.25) is 0 Å². The highest BCUT2D eigenvalue weighted by atomic mass is 16.5. The molecule has 15 heavy (non-hydrogen) atoms. The lowest BCUT2D eigenvalue weighted by atomic mass is 10.1. The van der Waals surface area contributed by atoms with Crippen molar-refractivity contribution < 1.29 is 19.1 Å². The van der Waals surface area contributed by atoms with Crippen molar-refractivity contribution in [3.8, 4) is 5.75 Å². The number of carbonyl (C=O) groups is 2. The Hall–Kier alpha value is -1.68. The molecule has 0 aliphatic heterocycles. The van der Waals surface area contributed by atoms with Crippen molar-refractivity contribution in [1.29, 1.82) is 0 Å². The van der Waals surface area contributed by atoms with Crippen LogP contribution in [0.5, 0.6) is 5.75 Å². The van der Waals surface area contributed by atoms with Crippen molar-refractivity contribution >= 4 is 11.8 Å². The Bertz CT molecular complexity index is 371. The first-order chi connectivity index (χ1) is 7.15. The van der Waals surface area contributed by atoms with Crippen molar-refractivity contribution in [3.63, 3.8) is 0 Å². The molecule has 4 nitrogen and oxygen atoms in total. The number of benzene rings is 1. The van der Waals surface area contributed by atoms with Crippen molar-refractivity contribution in [2.75, 3.05) is 13.7 Å². The number of ketones is 1. The third-order valence-electron chi connectivity index (χ3n) is 1.72. The lowest BCUT2D eigenvalue weighted by Crippen LogP contribution is -2.11. The first-order valence-electron chi connectivity index (χ1n) is 4.44. The van der Waals surface area contributed by atoms with E-state index in [9.17, 15) is 9.59 Å². The first kappa shape index (κ1) is 11.4. The van der Waals surface area contributed by atoms with E-state index in [0.29, 0.717) is 5.56 Å². The van der Waals surface area contributed by atoms with Gasteiger partial charge in [-0.25, -0.2) is 0 Å². The van der Waals surface area contributed by atoms with Crippen LogP contribution in [0.4, 0.5) is 0 Å². The number of rotatable bonds is 4. The van der Waals surface area contributed by atoms with Crippen LogP contribution in [0.25, 0.3) is 0 Å². The summed E-state index contributed by atoms with van der Waals surface area (Å²) in [6.45, 7) is 1.26. The molecule has 0 saturated carbocycles. The van der Waals surface area contributed by atoms with Gasteiger partial charge in [-0.15, -0.1) is 0 Å². The average molecular weight is 208 g/mol. The summed E-state index contributed by atoms with van der Waals surface area (Å²) in [6, 6.07) is 6.57. The maximum Gasteiger partial charge on any atom is 0.308 e. The van der Waals surface area contributed by atoms with Gasteiger partial charge in [0.1, 0.15) is 12.4 Å². The van der Waals surface area contributed by atoms with E-state index in [0.717, 1.165) is 0 Å². The molecule has 0 radical (unpaired) electrons. The van der Waals surface area contributed by atoms with Gasteiger partial charge < -0.3 is 9.47 Å². The Morgan fingerprint density at radius 1 is 1.27 bits per heavy atom. The molecule has 0 atom stereocenters. The van der Waals surface area contributed by atoms with Crippen LogP contribution in [0.15, 0.2) is 24.3 Å². The second-order valence-electron chi connectivity index (χ2n) is 2.95. The van der Waals surface area contributed by atoms with E-state index in [1.807, 2.05) is 0 Å². The summed E-state index contributed by atoms with van der Waals surface area (Å²) in [5.74, 6) is -0.394. The Balaban J connectivity index is 2.95. The normalized spacial score (nSPS) is 9.73. The molecule has 1 aromatic carbocycles. The quantitative estimate of drug-likeness (QED) is 0.427. The fourth-order valence-electron chi connectivity index (χ4n) is 1.15. The molecule has 1 rings (SSSR count). The summed E-state index contributed by atoms with van der Waals surface area (Å²) in [5, 5.41) is 0. The summed E-state index contributed by atoms with van der Waals surface area (Å²) >= 11 is 0. The minimum Gasteiger partial charge on any atom is -0.426 e. The van der Waals surface area contributed by atoms with Gasteiger partial charge in [0.25, 0.3) is 0 Å². The SMILES string of the molecule is COCC(=O)c1ccccc1OC(C)=O. The van der Waals surface area contributed by atoms with Crippen molar-refractivity contribution in [2.45, 2.75) is 6.92 Å². The number of carbonyl (C=O) groups excluding carboxylic acids is 2. The minimum absolute atomic E-state index is 0.0295. The summed E-state index contributed by atoms with van der Waals surface area (Å²) in [5.41, 5.74) is 0.356. The Morgan fingerprint density at radius 2 is 1.93 bits per heavy atom. The molecule has 0 unspecified atom stereocenters. The molecule has 4 heteroatoms. The predicted octanol–water partition coefficient (Wildman–Crippen LogP) is 1.44. The summed E-state index contributed by atoms with van der Waals surface area (Å²) < 4.78 is 9.63. The molecule has 0 fully saturated rings. The van der Waals surface area contributed by atoms with Crippen LogP contribution in [-0.2, 0) is 9.53 Å². The van der Waals surface area contributed by atoms with Crippen LogP contribution in [-0.4, -0.2) is 25.5 Å². The smallest absolute Gasteiger partial charge is 0.308 e. The number of methoxy groups -OCH3 is 1. The number of hydrogen-bond donors (Lipinski definition) is 0. The number of esters is 1. The molecule has 0 N–H and O–H groups in total. The minimum atomic E-state index is -0.451. The molecule has 0 aliphatic carbocycles. The summed E-state index contributed by atoms with van der Waals surface area (Å²) in [7, 11) is 1.44. The van der Waals surface area contributed by atoms with E-state index >= 15 is 0 Å². The lowest BCUT2D eigenvalue weighted by Gasteiger charge is -2.06. The standard InChI is InChI=1S/C11H12O4/c1-8(12)15-11-6-4-3-5-9(11)10(13)7-14-2/h3-6H,7H2,1-2H3. The number of hydrogen-bond acceptors (Lipinski definition) is 4. The van der Waals surface area contributed by atoms with E-state index in [1.54, 1.807) is 24.3 Å². The third-order valence-corrected chi connectivity index (χ3v) is 1.72. The number of ether oxygens (including phenoxy) is 2. The van der Waals surface area contributed by atoms with Gasteiger partial charge in [-0.3, -0.25) is 9.59 Å². The maximum absolute atomic E-state index is 11.5. The summed E-state index contributed by atoms with van der Waals surface area (Å²) in [4.78, 5) is 22.3. The molecule has 80 valence electrons. The van der Waals surface area contributed by atoms with Crippen LogP contribution in [0.1, 0.15) is 17.3 Å². The zero-order valence-electron chi connectivity index (χ0n) is 8.65. The average Bonchev–Trinajstić information content (AvgIpc) is 2.18. The van der Waals surface area contributed by atoms with Gasteiger partial charge >= 0.3 is 5.97 Å². The second kappa shape index (κ2) is 5.26. The lowest BCUT2D eigenvalue weighted by molar-refractivity contribution is -0.131. The highest BCUT2D eigenvalue weighted by molar-refractivity contribution is 6.00. The Labute approximate surface area is 87.8 Å². The summed E-state index contributed by atoms with van der Waals surface area (Å²) in [6.07, 6.45) is 0. The van der Waals surface area contributed by atoms with E-state index in [2.05, 4.69) is 0 Å². The highest BCUT2D eigenvalue weighted by Crippen LogP contribution is 2.18. The van der Waals surface area contributed by atoms with Gasteiger partial charge in [-0.05, 0) is 12.1 Å². The van der Waals surface area contributed by atoms with Crippen LogP contribution >= 0.6 is 0 Å². The molecule has 0 saturated heterocycles. The molecule has 0 heterocycles. The van der Waals surface area contributed by atoms with Crippen molar-refractivity contribution in [3.05, 3.63) is 29.8 Å². The molecule has 0 aromatic heterocycles. The third kappa shape index (κ3) is 3.18. The topological polar surface area (TPSA) is 52.6 Å². The molecule has 0 bridgehead atoms. The van der Waals surface area contributed by atoms with E-state index in [1.165, 1.54) is 14.0 Å². The van der Waals surface area contributed by atoms with Crippen LogP contribution in [0, 0.1) is 0 Å². The second-order valence-corrected chi connectivity index (χ2v) is 2.95. The first-order valence-corrected chi connectivity index (χ1v) is 4.44.